The molecule has 2 N–H and O–H groups in total. The lowest BCUT2D eigenvalue weighted by Crippen LogP contribution is -2.30. The second kappa shape index (κ2) is 6.41. The zero-order valence-electron chi connectivity index (χ0n) is 11.1. The van der Waals surface area contributed by atoms with E-state index in [1.807, 2.05) is 0 Å². The Kier molecular flexibility index (Phi) is 4.85. The van der Waals surface area contributed by atoms with Crippen molar-refractivity contribution in [3.05, 3.63) is 35.1 Å². The quantitative estimate of drug-likeness (QED) is 0.861. The molecular formula is C14H19FN2OS. The summed E-state index contributed by atoms with van der Waals surface area (Å²) in [7, 11) is 0. The van der Waals surface area contributed by atoms with Crippen LogP contribution < -0.4 is 5.73 Å². The van der Waals surface area contributed by atoms with Gasteiger partial charge in [0.15, 0.2) is 0 Å². The molecule has 1 atom stereocenters. The molecule has 1 saturated heterocycles. The maximum Gasteiger partial charge on any atom is 0.133 e. The maximum atomic E-state index is 13.5. The van der Waals surface area contributed by atoms with E-state index in [1.165, 1.54) is 6.07 Å². The van der Waals surface area contributed by atoms with Gasteiger partial charge in [-0.25, -0.2) is 4.39 Å². The van der Waals surface area contributed by atoms with Gasteiger partial charge in [-0.15, -0.1) is 0 Å². The molecule has 0 bridgehead atoms. The summed E-state index contributed by atoms with van der Waals surface area (Å²) in [5.41, 5.74) is 6.87. The first-order valence-electron chi connectivity index (χ1n) is 6.48. The number of nitrogens with two attached hydrogens (primary N) is 1. The lowest BCUT2D eigenvalue weighted by molar-refractivity contribution is 0.0668. The Morgan fingerprint density at radius 2 is 2.37 bits per heavy atom. The lowest BCUT2D eigenvalue weighted by atomic mass is 10.1. The Morgan fingerprint density at radius 1 is 1.58 bits per heavy atom. The van der Waals surface area contributed by atoms with E-state index in [0.717, 1.165) is 38.2 Å². The normalized spacial score (nSPS) is 21.1. The topological polar surface area (TPSA) is 38.5 Å². The average Bonchev–Trinajstić information content (AvgIpc) is 2.56. The Balaban J connectivity index is 2.10. The minimum atomic E-state index is -0.358. The van der Waals surface area contributed by atoms with Crippen LogP contribution in [-0.4, -0.2) is 35.7 Å². The smallest absolute Gasteiger partial charge is 0.133 e. The first-order valence-corrected chi connectivity index (χ1v) is 6.89. The number of halogens is 1. The van der Waals surface area contributed by atoms with Gasteiger partial charge in [0.2, 0.25) is 0 Å². The van der Waals surface area contributed by atoms with Gasteiger partial charge in [-0.1, -0.05) is 18.3 Å². The molecular weight excluding hydrogens is 263 g/mol. The summed E-state index contributed by atoms with van der Waals surface area (Å²) >= 11 is 4.86. The molecule has 0 aromatic heterocycles. The van der Waals surface area contributed by atoms with Crippen molar-refractivity contribution in [1.29, 1.82) is 0 Å². The molecule has 1 aromatic rings. The summed E-state index contributed by atoms with van der Waals surface area (Å²) in [6.45, 7) is 5.52. The van der Waals surface area contributed by atoms with Gasteiger partial charge in [-0.05, 0) is 31.0 Å². The third-order valence-corrected chi connectivity index (χ3v) is 3.46. The summed E-state index contributed by atoms with van der Waals surface area (Å²) in [6.07, 6.45) is 1.26. The predicted octanol–water partition coefficient (Wildman–Crippen LogP) is 2.07. The molecule has 2 rings (SSSR count). The zero-order valence-corrected chi connectivity index (χ0v) is 11.9. The van der Waals surface area contributed by atoms with Crippen LogP contribution in [0.5, 0.6) is 0 Å². The SMILES string of the molecule is CC1CN(Cc2ccc(F)c(C(N)=S)c2)CCCO1. The van der Waals surface area contributed by atoms with E-state index in [0.29, 0.717) is 5.56 Å². The van der Waals surface area contributed by atoms with E-state index in [2.05, 4.69) is 11.8 Å². The van der Waals surface area contributed by atoms with Crippen molar-refractivity contribution in [3.8, 4) is 0 Å². The summed E-state index contributed by atoms with van der Waals surface area (Å²) in [6, 6.07) is 4.96. The minimum absolute atomic E-state index is 0.104. The molecule has 5 heteroatoms. The Bertz CT molecular complexity index is 467. The van der Waals surface area contributed by atoms with Gasteiger partial charge < -0.3 is 10.5 Å². The van der Waals surface area contributed by atoms with Gasteiger partial charge in [0.05, 0.1) is 6.10 Å². The second-order valence-corrected chi connectivity index (χ2v) is 5.39. The number of benzene rings is 1. The number of rotatable bonds is 3. The lowest BCUT2D eigenvalue weighted by Gasteiger charge is -2.22. The Labute approximate surface area is 118 Å². The molecule has 1 fully saturated rings. The van der Waals surface area contributed by atoms with Crippen LogP contribution in [0.15, 0.2) is 18.2 Å². The highest BCUT2D eigenvalue weighted by molar-refractivity contribution is 7.80. The molecule has 1 unspecified atom stereocenters. The van der Waals surface area contributed by atoms with Gasteiger partial charge in [-0.2, -0.15) is 0 Å². The Hall–Kier alpha value is -1.04. The molecule has 0 amide bonds. The van der Waals surface area contributed by atoms with Crippen LogP contribution in [0, 0.1) is 5.82 Å². The summed E-state index contributed by atoms with van der Waals surface area (Å²) in [5.74, 6) is -0.358. The van der Waals surface area contributed by atoms with Gasteiger partial charge in [-0.3, -0.25) is 4.90 Å². The van der Waals surface area contributed by atoms with Crippen LogP contribution in [0.3, 0.4) is 0 Å². The van der Waals surface area contributed by atoms with Crippen LogP contribution in [0.25, 0.3) is 0 Å². The highest BCUT2D eigenvalue weighted by atomic mass is 32.1. The van der Waals surface area contributed by atoms with E-state index in [4.69, 9.17) is 22.7 Å². The van der Waals surface area contributed by atoms with Crippen LogP contribution >= 0.6 is 12.2 Å². The molecule has 104 valence electrons. The number of thiocarbonyl (C=S) groups is 1. The van der Waals surface area contributed by atoms with Gasteiger partial charge in [0, 0.05) is 31.8 Å². The average molecular weight is 282 g/mol. The van der Waals surface area contributed by atoms with Crippen LogP contribution in [0.1, 0.15) is 24.5 Å². The standard InChI is InChI=1S/C14H19FN2OS/c1-10-8-17(5-2-6-18-10)9-11-3-4-13(15)12(7-11)14(16)19/h3-4,7,10H,2,5-6,8-9H2,1H3,(H2,16,19). The van der Waals surface area contributed by atoms with Crippen molar-refractivity contribution >= 4 is 17.2 Å². The van der Waals surface area contributed by atoms with Crippen molar-refractivity contribution < 1.29 is 9.13 Å². The highest BCUT2D eigenvalue weighted by Gasteiger charge is 2.16. The minimum Gasteiger partial charge on any atom is -0.389 e. The molecule has 3 nitrogen and oxygen atoms in total. The third-order valence-electron chi connectivity index (χ3n) is 3.24. The van der Waals surface area contributed by atoms with Crippen LogP contribution in [0.4, 0.5) is 4.39 Å². The third kappa shape index (κ3) is 3.96. The fraction of sp³-hybridized carbons (Fsp3) is 0.500. The van der Waals surface area contributed by atoms with Crippen molar-refractivity contribution in [1.82, 2.24) is 4.90 Å². The molecule has 1 aromatic carbocycles. The molecule has 1 aliphatic rings. The molecule has 0 radical (unpaired) electrons. The molecule has 19 heavy (non-hydrogen) atoms. The zero-order chi connectivity index (χ0) is 13.8. The second-order valence-electron chi connectivity index (χ2n) is 4.95. The molecule has 0 spiro atoms. The molecule has 0 aliphatic carbocycles. The Morgan fingerprint density at radius 3 is 3.11 bits per heavy atom. The fourth-order valence-electron chi connectivity index (χ4n) is 2.34. The number of hydrogen-bond acceptors (Lipinski definition) is 3. The monoisotopic (exact) mass is 282 g/mol. The van der Waals surface area contributed by atoms with E-state index in [-0.39, 0.29) is 16.9 Å². The van der Waals surface area contributed by atoms with Crippen molar-refractivity contribution in [2.24, 2.45) is 5.73 Å². The largest absolute Gasteiger partial charge is 0.389 e. The van der Waals surface area contributed by atoms with E-state index in [1.54, 1.807) is 12.1 Å². The molecule has 0 saturated carbocycles. The molecule has 1 heterocycles. The maximum absolute atomic E-state index is 13.5. The van der Waals surface area contributed by atoms with Crippen LogP contribution in [0.2, 0.25) is 0 Å². The summed E-state index contributed by atoms with van der Waals surface area (Å²) in [5, 5.41) is 0. The van der Waals surface area contributed by atoms with Gasteiger partial charge in [0.25, 0.3) is 0 Å². The van der Waals surface area contributed by atoms with E-state index in [9.17, 15) is 4.39 Å². The number of nitrogens with zero attached hydrogens (tertiary/aromatic N) is 1. The van der Waals surface area contributed by atoms with Crippen LogP contribution in [-0.2, 0) is 11.3 Å². The predicted molar refractivity (Wildman–Crippen MR) is 77.6 cm³/mol. The van der Waals surface area contributed by atoms with Crippen molar-refractivity contribution in [2.75, 3.05) is 19.7 Å². The molecule has 1 aliphatic heterocycles. The number of ether oxygens (including phenoxy) is 1. The van der Waals surface area contributed by atoms with Crippen molar-refractivity contribution in [3.63, 3.8) is 0 Å². The van der Waals surface area contributed by atoms with Gasteiger partial charge >= 0.3 is 0 Å². The summed E-state index contributed by atoms with van der Waals surface area (Å²) in [4.78, 5) is 2.42. The highest BCUT2D eigenvalue weighted by Crippen LogP contribution is 2.14. The number of hydrogen-bond donors (Lipinski definition) is 1. The van der Waals surface area contributed by atoms with Gasteiger partial charge in [0.1, 0.15) is 10.8 Å². The van der Waals surface area contributed by atoms with E-state index < -0.39 is 0 Å². The fourth-order valence-corrected chi connectivity index (χ4v) is 2.50. The first kappa shape index (κ1) is 14.4. The first-order chi connectivity index (χ1) is 9.06. The van der Waals surface area contributed by atoms with Crippen molar-refractivity contribution in [2.45, 2.75) is 26.0 Å². The summed E-state index contributed by atoms with van der Waals surface area (Å²) < 4.78 is 19.1. The van der Waals surface area contributed by atoms with E-state index >= 15 is 0 Å².